The molecule has 5 rings (SSSR count). The van der Waals surface area contributed by atoms with E-state index in [1.165, 1.54) is 16.2 Å². The first-order valence-corrected chi connectivity index (χ1v) is 13.3. The number of ether oxygens (including phenoxy) is 2. The summed E-state index contributed by atoms with van der Waals surface area (Å²) in [6.45, 7) is 4.62. The molecule has 0 bridgehead atoms. The van der Waals surface area contributed by atoms with Gasteiger partial charge in [0.05, 0.1) is 35.5 Å². The van der Waals surface area contributed by atoms with Crippen molar-refractivity contribution in [2.75, 3.05) is 18.6 Å². The van der Waals surface area contributed by atoms with Gasteiger partial charge in [0, 0.05) is 5.56 Å². The van der Waals surface area contributed by atoms with Crippen LogP contribution in [0.3, 0.4) is 0 Å². The first-order valence-electron chi connectivity index (χ1n) is 12.5. The SMILES string of the molecule is CCCCOc1cccc(/C(O)=C2\C(=O)C(=O)N(c3nc4ccc(C)cc4s3)C2c2ccc(OC)cc2)c1. The number of anilines is 1. The summed E-state index contributed by atoms with van der Waals surface area (Å²) in [6, 6.07) is 19.0. The molecule has 0 spiro atoms. The molecule has 2 heterocycles. The van der Waals surface area contributed by atoms with E-state index in [9.17, 15) is 14.7 Å². The van der Waals surface area contributed by atoms with E-state index in [0.29, 0.717) is 34.4 Å². The molecule has 7 nitrogen and oxygen atoms in total. The third kappa shape index (κ3) is 4.75. The van der Waals surface area contributed by atoms with Crippen LogP contribution < -0.4 is 14.4 Å². The number of ketones is 1. The van der Waals surface area contributed by atoms with E-state index < -0.39 is 17.7 Å². The van der Waals surface area contributed by atoms with E-state index in [1.54, 1.807) is 55.6 Å². The summed E-state index contributed by atoms with van der Waals surface area (Å²) in [5.74, 6) is -0.545. The summed E-state index contributed by atoms with van der Waals surface area (Å²) in [7, 11) is 1.57. The number of rotatable bonds is 8. The zero-order valence-corrected chi connectivity index (χ0v) is 22.2. The van der Waals surface area contributed by atoms with Gasteiger partial charge in [0.2, 0.25) is 0 Å². The first-order chi connectivity index (χ1) is 18.4. The molecule has 1 aliphatic rings. The minimum Gasteiger partial charge on any atom is -0.507 e. The van der Waals surface area contributed by atoms with Crippen LogP contribution in [-0.4, -0.2) is 35.5 Å². The predicted molar refractivity (Wildman–Crippen MR) is 149 cm³/mol. The van der Waals surface area contributed by atoms with Crippen molar-refractivity contribution in [2.24, 2.45) is 0 Å². The number of aliphatic hydroxyl groups excluding tert-OH is 1. The molecule has 1 N–H and O–H groups in total. The predicted octanol–water partition coefficient (Wildman–Crippen LogP) is 6.42. The zero-order valence-electron chi connectivity index (χ0n) is 21.4. The van der Waals surface area contributed by atoms with Gasteiger partial charge in [-0.2, -0.15) is 0 Å². The van der Waals surface area contributed by atoms with Gasteiger partial charge in [-0.1, -0.05) is 55.0 Å². The van der Waals surface area contributed by atoms with Gasteiger partial charge in [0.25, 0.3) is 5.78 Å². The Kier molecular flexibility index (Phi) is 7.15. The van der Waals surface area contributed by atoms with E-state index in [0.717, 1.165) is 28.6 Å². The maximum absolute atomic E-state index is 13.5. The highest BCUT2D eigenvalue weighted by Crippen LogP contribution is 2.44. The van der Waals surface area contributed by atoms with Crippen molar-refractivity contribution in [3.63, 3.8) is 0 Å². The number of nitrogens with zero attached hydrogens (tertiary/aromatic N) is 2. The Hall–Kier alpha value is -4.17. The number of aryl methyl sites for hydroxylation is 1. The van der Waals surface area contributed by atoms with Crippen molar-refractivity contribution in [3.05, 3.63) is 89.0 Å². The molecule has 1 saturated heterocycles. The van der Waals surface area contributed by atoms with E-state index in [2.05, 4.69) is 11.9 Å². The number of hydrogen-bond donors (Lipinski definition) is 1. The Balaban J connectivity index is 1.64. The van der Waals surface area contributed by atoms with Crippen molar-refractivity contribution in [1.29, 1.82) is 0 Å². The number of carbonyl (C=O) groups is 2. The summed E-state index contributed by atoms with van der Waals surface area (Å²) < 4.78 is 12.0. The second-order valence-electron chi connectivity index (χ2n) is 9.14. The molecule has 0 radical (unpaired) electrons. The van der Waals surface area contributed by atoms with Gasteiger partial charge in [-0.25, -0.2) is 4.98 Å². The van der Waals surface area contributed by atoms with Crippen LogP contribution in [0.4, 0.5) is 5.13 Å². The maximum atomic E-state index is 13.5. The number of methoxy groups -OCH3 is 1. The first kappa shape index (κ1) is 25.5. The van der Waals surface area contributed by atoms with Crippen LogP contribution in [0.1, 0.15) is 42.5 Å². The van der Waals surface area contributed by atoms with Gasteiger partial charge < -0.3 is 14.6 Å². The number of thiazole rings is 1. The Labute approximate surface area is 225 Å². The quantitative estimate of drug-likeness (QED) is 0.123. The molecule has 3 aromatic carbocycles. The lowest BCUT2D eigenvalue weighted by Gasteiger charge is -2.23. The molecule has 38 heavy (non-hydrogen) atoms. The molecule has 0 saturated carbocycles. The van der Waals surface area contributed by atoms with Gasteiger partial charge in [0.15, 0.2) is 5.13 Å². The van der Waals surface area contributed by atoms with E-state index in [-0.39, 0.29) is 11.3 Å². The smallest absolute Gasteiger partial charge is 0.301 e. The van der Waals surface area contributed by atoms with Crippen molar-refractivity contribution in [3.8, 4) is 11.5 Å². The van der Waals surface area contributed by atoms with Gasteiger partial charge >= 0.3 is 5.91 Å². The second kappa shape index (κ2) is 10.7. The molecule has 1 amide bonds. The maximum Gasteiger partial charge on any atom is 0.301 e. The standard InChI is InChI=1S/C30H28N2O5S/c1-4-5-15-37-22-8-6-7-20(17-22)27(33)25-26(19-10-12-21(36-3)13-11-19)32(29(35)28(25)34)30-31-23-14-9-18(2)16-24(23)38-30/h6-14,16-17,26,33H,4-5,15H2,1-3H3/b27-25+. The number of aliphatic hydroxyl groups is 1. The van der Waals surface area contributed by atoms with Crippen molar-refractivity contribution in [2.45, 2.75) is 32.7 Å². The van der Waals surface area contributed by atoms with E-state index in [4.69, 9.17) is 9.47 Å². The lowest BCUT2D eigenvalue weighted by Crippen LogP contribution is -2.29. The van der Waals surface area contributed by atoms with E-state index in [1.807, 2.05) is 25.1 Å². The van der Waals surface area contributed by atoms with Crippen LogP contribution in [-0.2, 0) is 9.59 Å². The zero-order chi connectivity index (χ0) is 26.8. The average Bonchev–Trinajstić information content (AvgIpc) is 3.46. The van der Waals surface area contributed by atoms with E-state index >= 15 is 0 Å². The number of benzene rings is 3. The van der Waals surface area contributed by atoms with Crippen LogP contribution in [0.2, 0.25) is 0 Å². The number of hydrogen-bond acceptors (Lipinski definition) is 7. The molecule has 1 aliphatic heterocycles. The highest BCUT2D eigenvalue weighted by molar-refractivity contribution is 7.22. The van der Waals surface area contributed by atoms with Crippen molar-refractivity contribution in [1.82, 2.24) is 4.98 Å². The third-order valence-corrected chi connectivity index (χ3v) is 7.51. The molecule has 194 valence electrons. The fraction of sp³-hybridized carbons (Fsp3) is 0.233. The number of carbonyl (C=O) groups excluding carboxylic acids is 2. The Morgan fingerprint density at radius 3 is 2.58 bits per heavy atom. The van der Waals surface area contributed by atoms with Gasteiger partial charge in [-0.05, 0) is 60.9 Å². The number of Topliss-reactive ketones (excluding diaryl/α,β-unsaturated/α-hetero) is 1. The lowest BCUT2D eigenvalue weighted by atomic mass is 9.95. The molecular weight excluding hydrogens is 500 g/mol. The summed E-state index contributed by atoms with van der Waals surface area (Å²) in [5, 5.41) is 11.9. The molecular formula is C30H28N2O5S. The van der Waals surface area contributed by atoms with Crippen LogP contribution in [0.25, 0.3) is 16.0 Å². The minimum absolute atomic E-state index is 0.00121. The Morgan fingerprint density at radius 2 is 1.84 bits per heavy atom. The van der Waals surface area contributed by atoms with Gasteiger partial charge in [-0.3, -0.25) is 14.5 Å². The minimum atomic E-state index is -0.868. The summed E-state index contributed by atoms with van der Waals surface area (Å²) in [6.07, 6.45) is 1.90. The second-order valence-corrected chi connectivity index (χ2v) is 10.1. The van der Waals surface area contributed by atoms with Crippen molar-refractivity contribution >= 4 is 44.1 Å². The van der Waals surface area contributed by atoms with Crippen LogP contribution in [0, 0.1) is 6.92 Å². The summed E-state index contributed by atoms with van der Waals surface area (Å²) in [4.78, 5) is 33.0. The molecule has 1 aromatic heterocycles. The molecule has 1 unspecified atom stereocenters. The Bertz CT molecular complexity index is 1540. The molecule has 8 heteroatoms. The van der Waals surface area contributed by atoms with Crippen LogP contribution in [0.5, 0.6) is 11.5 Å². The lowest BCUT2D eigenvalue weighted by molar-refractivity contribution is -0.132. The van der Waals surface area contributed by atoms with Gasteiger partial charge in [-0.15, -0.1) is 0 Å². The highest BCUT2D eigenvalue weighted by Gasteiger charge is 2.48. The topological polar surface area (TPSA) is 89.0 Å². The highest BCUT2D eigenvalue weighted by atomic mass is 32.1. The summed E-state index contributed by atoms with van der Waals surface area (Å²) >= 11 is 1.34. The number of unbranched alkanes of at least 4 members (excludes halogenated alkanes) is 1. The van der Waals surface area contributed by atoms with Crippen LogP contribution >= 0.6 is 11.3 Å². The largest absolute Gasteiger partial charge is 0.507 e. The fourth-order valence-electron chi connectivity index (χ4n) is 4.48. The number of amides is 1. The molecule has 1 atom stereocenters. The molecule has 1 fully saturated rings. The van der Waals surface area contributed by atoms with Gasteiger partial charge in [0.1, 0.15) is 17.3 Å². The number of fused-ring (bicyclic) bond motifs is 1. The summed E-state index contributed by atoms with van der Waals surface area (Å²) in [5.41, 5.74) is 2.86. The monoisotopic (exact) mass is 528 g/mol. The van der Waals surface area contributed by atoms with Crippen LogP contribution in [0.15, 0.2) is 72.3 Å². The average molecular weight is 529 g/mol. The Morgan fingerprint density at radius 1 is 1.05 bits per heavy atom. The molecule has 0 aliphatic carbocycles. The normalized spacial score (nSPS) is 16.8. The number of aromatic nitrogens is 1. The van der Waals surface area contributed by atoms with Crippen molar-refractivity contribution < 1.29 is 24.2 Å². The fourth-order valence-corrected chi connectivity index (χ4v) is 5.57. The third-order valence-electron chi connectivity index (χ3n) is 6.49. The molecule has 4 aromatic rings.